The van der Waals surface area contributed by atoms with Crippen LogP contribution >= 0.6 is 11.6 Å². The van der Waals surface area contributed by atoms with Gasteiger partial charge in [0.05, 0.1) is 12.1 Å². The predicted molar refractivity (Wildman–Crippen MR) is 89.0 cm³/mol. The van der Waals surface area contributed by atoms with Crippen LogP contribution in [0.25, 0.3) is 10.9 Å². The first-order valence-corrected chi connectivity index (χ1v) is 7.20. The molecule has 2 aromatic carbocycles. The Morgan fingerprint density at radius 1 is 1.23 bits per heavy atom. The van der Waals surface area contributed by atoms with Crippen LogP contribution in [-0.2, 0) is 0 Å². The number of anilines is 1. The molecule has 1 amide bonds. The van der Waals surface area contributed by atoms with Gasteiger partial charge in [-0.1, -0.05) is 29.8 Å². The molecule has 1 aromatic heterocycles. The number of aromatic nitrogens is 1. The van der Waals surface area contributed by atoms with Crippen molar-refractivity contribution >= 4 is 34.1 Å². The number of rotatable bonds is 3. The molecule has 0 unspecified atom stereocenters. The maximum atomic E-state index is 12.5. The third kappa shape index (κ3) is 2.53. The average molecular weight is 315 g/mol. The van der Waals surface area contributed by atoms with Crippen molar-refractivity contribution in [3.63, 3.8) is 0 Å². The Labute approximate surface area is 133 Å². The highest BCUT2D eigenvalue weighted by Gasteiger charge is 2.15. The molecule has 3 aromatic rings. The molecule has 0 aliphatic rings. The first kappa shape index (κ1) is 14.5. The Kier molecular flexibility index (Phi) is 3.77. The van der Waals surface area contributed by atoms with Crippen LogP contribution in [0.5, 0.6) is 5.75 Å². The van der Waals surface area contributed by atoms with E-state index in [1.54, 1.807) is 25.3 Å². The van der Waals surface area contributed by atoms with Gasteiger partial charge in [0.1, 0.15) is 11.4 Å². The van der Waals surface area contributed by atoms with Gasteiger partial charge < -0.3 is 15.0 Å². The van der Waals surface area contributed by atoms with Crippen molar-refractivity contribution in [1.29, 1.82) is 0 Å². The normalized spacial score (nSPS) is 10.7. The van der Waals surface area contributed by atoms with Crippen LogP contribution < -0.4 is 10.1 Å². The van der Waals surface area contributed by atoms with Gasteiger partial charge in [-0.3, -0.25) is 4.79 Å². The molecular formula is C17H15ClN2O2. The zero-order chi connectivity index (χ0) is 15.7. The lowest BCUT2D eigenvalue weighted by molar-refractivity contribution is 0.102. The third-order valence-corrected chi connectivity index (χ3v) is 3.90. The average Bonchev–Trinajstić information content (AvgIpc) is 2.85. The van der Waals surface area contributed by atoms with E-state index in [0.29, 0.717) is 22.2 Å². The number of aryl methyl sites for hydroxylation is 1. The standard InChI is InChI=1S/C17H15ClN2O2/c1-10-12-5-3-4-6-14(12)20-16(10)17(21)19-11-7-8-15(22-2)13(18)9-11/h3-9,20H,1-2H3,(H,19,21). The molecule has 2 N–H and O–H groups in total. The molecule has 0 saturated heterocycles. The smallest absolute Gasteiger partial charge is 0.272 e. The van der Waals surface area contributed by atoms with E-state index in [-0.39, 0.29) is 5.91 Å². The number of carbonyl (C=O) groups is 1. The van der Waals surface area contributed by atoms with Gasteiger partial charge in [0.25, 0.3) is 5.91 Å². The Hall–Kier alpha value is -2.46. The monoisotopic (exact) mass is 314 g/mol. The summed E-state index contributed by atoms with van der Waals surface area (Å²) in [6, 6.07) is 13.0. The van der Waals surface area contributed by atoms with E-state index in [4.69, 9.17) is 16.3 Å². The van der Waals surface area contributed by atoms with Crippen molar-refractivity contribution in [1.82, 2.24) is 4.98 Å². The highest BCUT2D eigenvalue weighted by molar-refractivity contribution is 6.32. The summed E-state index contributed by atoms with van der Waals surface area (Å²) in [7, 11) is 1.55. The second-order valence-corrected chi connectivity index (χ2v) is 5.38. The van der Waals surface area contributed by atoms with Crippen molar-refractivity contribution in [2.45, 2.75) is 6.92 Å². The molecule has 0 radical (unpaired) electrons. The molecule has 0 saturated carbocycles. The highest BCUT2D eigenvalue weighted by Crippen LogP contribution is 2.28. The molecule has 0 atom stereocenters. The Morgan fingerprint density at radius 2 is 2.00 bits per heavy atom. The Bertz CT molecular complexity index is 855. The molecule has 0 aliphatic heterocycles. The van der Waals surface area contributed by atoms with E-state index in [1.165, 1.54) is 0 Å². The zero-order valence-electron chi connectivity index (χ0n) is 12.2. The lowest BCUT2D eigenvalue weighted by atomic mass is 10.1. The Balaban J connectivity index is 1.90. The van der Waals surface area contributed by atoms with Crippen LogP contribution in [0.4, 0.5) is 5.69 Å². The first-order chi connectivity index (χ1) is 10.6. The van der Waals surface area contributed by atoms with Crippen molar-refractivity contribution in [2.75, 3.05) is 12.4 Å². The lowest BCUT2D eigenvalue weighted by Crippen LogP contribution is -2.13. The summed E-state index contributed by atoms with van der Waals surface area (Å²) < 4.78 is 5.10. The summed E-state index contributed by atoms with van der Waals surface area (Å²) in [4.78, 5) is 15.6. The number of para-hydroxylation sites is 1. The SMILES string of the molecule is COc1ccc(NC(=O)c2[nH]c3ccccc3c2C)cc1Cl. The summed E-state index contributed by atoms with van der Waals surface area (Å²) in [5, 5.41) is 4.34. The van der Waals surface area contributed by atoms with Gasteiger partial charge in [-0.15, -0.1) is 0 Å². The molecule has 0 spiro atoms. The number of carbonyl (C=O) groups excluding carboxylic acids is 1. The van der Waals surface area contributed by atoms with Gasteiger partial charge in [0, 0.05) is 16.6 Å². The fourth-order valence-electron chi connectivity index (χ4n) is 2.45. The number of amides is 1. The minimum Gasteiger partial charge on any atom is -0.495 e. The van der Waals surface area contributed by atoms with Gasteiger partial charge in [-0.2, -0.15) is 0 Å². The molecule has 0 fully saturated rings. The first-order valence-electron chi connectivity index (χ1n) is 6.82. The predicted octanol–water partition coefficient (Wildman–Crippen LogP) is 4.39. The number of hydrogen-bond acceptors (Lipinski definition) is 2. The largest absolute Gasteiger partial charge is 0.495 e. The number of fused-ring (bicyclic) bond motifs is 1. The summed E-state index contributed by atoms with van der Waals surface area (Å²) in [6.07, 6.45) is 0. The van der Waals surface area contributed by atoms with E-state index in [1.807, 2.05) is 31.2 Å². The molecule has 112 valence electrons. The number of halogens is 1. The van der Waals surface area contributed by atoms with E-state index in [0.717, 1.165) is 16.5 Å². The molecule has 3 rings (SSSR count). The quantitative estimate of drug-likeness (QED) is 0.753. The number of ether oxygens (including phenoxy) is 1. The van der Waals surface area contributed by atoms with E-state index >= 15 is 0 Å². The molecule has 5 heteroatoms. The second-order valence-electron chi connectivity index (χ2n) is 4.97. The van der Waals surface area contributed by atoms with Crippen molar-refractivity contribution in [3.05, 3.63) is 58.7 Å². The molecule has 0 aliphatic carbocycles. The second kappa shape index (κ2) is 5.73. The van der Waals surface area contributed by atoms with Gasteiger partial charge >= 0.3 is 0 Å². The van der Waals surface area contributed by atoms with Crippen molar-refractivity contribution in [3.8, 4) is 5.75 Å². The number of H-pyrrole nitrogens is 1. The fourth-order valence-corrected chi connectivity index (χ4v) is 2.70. The van der Waals surface area contributed by atoms with Crippen LogP contribution in [0.2, 0.25) is 5.02 Å². The van der Waals surface area contributed by atoms with Crippen LogP contribution in [-0.4, -0.2) is 18.0 Å². The lowest BCUT2D eigenvalue weighted by Gasteiger charge is -2.08. The summed E-state index contributed by atoms with van der Waals surface area (Å²) in [5.41, 5.74) is 3.03. The van der Waals surface area contributed by atoms with Gasteiger partial charge in [-0.25, -0.2) is 0 Å². The van der Waals surface area contributed by atoms with Crippen molar-refractivity contribution in [2.24, 2.45) is 0 Å². The number of nitrogens with one attached hydrogen (secondary N) is 2. The zero-order valence-corrected chi connectivity index (χ0v) is 13.0. The third-order valence-electron chi connectivity index (χ3n) is 3.60. The van der Waals surface area contributed by atoms with Gasteiger partial charge in [0.15, 0.2) is 0 Å². The molecular weight excluding hydrogens is 300 g/mol. The minimum atomic E-state index is -0.199. The van der Waals surface area contributed by atoms with Crippen molar-refractivity contribution < 1.29 is 9.53 Å². The van der Waals surface area contributed by atoms with Crippen LogP contribution in [0, 0.1) is 6.92 Å². The molecule has 0 bridgehead atoms. The van der Waals surface area contributed by atoms with E-state index < -0.39 is 0 Å². The summed E-state index contributed by atoms with van der Waals surface area (Å²) in [6.45, 7) is 1.93. The maximum Gasteiger partial charge on any atom is 0.272 e. The number of benzene rings is 2. The summed E-state index contributed by atoms with van der Waals surface area (Å²) >= 11 is 6.07. The van der Waals surface area contributed by atoms with Crippen LogP contribution in [0.15, 0.2) is 42.5 Å². The minimum absolute atomic E-state index is 0.199. The summed E-state index contributed by atoms with van der Waals surface area (Å²) in [5.74, 6) is 0.372. The number of aromatic amines is 1. The fraction of sp³-hybridized carbons (Fsp3) is 0.118. The van der Waals surface area contributed by atoms with Crippen LogP contribution in [0.3, 0.4) is 0 Å². The molecule has 4 nitrogen and oxygen atoms in total. The van der Waals surface area contributed by atoms with E-state index in [2.05, 4.69) is 10.3 Å². The molecule has 22 heavy (non-hydrogen) atoms. The highest BCUT2D eigenvalue weighted by atomic mass is 35.5. The Morgan fingerprint density at radius 3 is 2.68 bits per heavy atom. The number of methoxy groups -OCH3 is 1. The maximum absolute atomic E-state index is 12.5. The number of hydrogen-bond donors (Lipinski definition) is 2. The topological polar surface area (TPSA) is 54.1 Å². The van der Waals surface area contributed by atoms with Gasteiger partial charge in [0.2, 0.25) is 0 Å². The van der Waals surface area contributed by atoms with E-state index in [9.17, 15) is 4.79 Å². The molecule has 1 heterocycles. The van der Waals surface area contributed by atoms with Crippen LogP contribution in [0.1, 0.15) is 16.1 Å². The van der Waals surface area contributed by atoms with Gasteiger partial charge in [-0.05, 0) is 36.8 Å².